The smallest absolute Gasteiger partial charge is 0.298 e. The van der Waals surface area contributed by atoms with Crippen LogP contribution in [-0.4, -0.2) is 28.5 Å². The first-order valence-electron chi connectivity index (χ1n) is 10.4. The summed E-state index contributed by atoms with van der Waals surface area (Å²) in [6.45, 7) is 1.89. The first-order chi connectivity index (χ1) is 16.6. The third kappa shape index (κ3) is 5.37. The average molecular weight is 511 g/mol. The van der Waals surface area contributed by atoms with Gasteiger partial charge in [-0.05, 0) is 78.7 Å². The van der Waals surface area contributed by atoms with Crippen molar-refractivity contribution in [1.29, 1.82) is 0 Å². The molecule has 4 aromatic rings. The number of methoxy groups -OCH3 is 1. The van der Waals surface area contributed by atoms with Gasteiger partial charge in [-0.25, -0.2) is 8.42 Å². The van der Waals surface area contributed by atoms with Gasteiger partial charge in [0.1, 0.15) is 22.1 Å². The Balaban J connectivity index is 1.52. The predicted octanol–water partition coefficient (Wildman–Crippen LogP) is 5.54. The van der Waals surface area contributed by atoms with Crippen LogP contribution < -0.4 is 9.47 Å². The summed E-state index contributed by atoms with van der Waals surface area (Å²) in [5.41, 5.74) is 2.24. The van der Waals surface area contributed by atoms with E-state index < -0.39 is 20.0 Å². The van der Waals surface area contributed by atoms with Crippen molar-refractivity contribution in [2.24, 2.45) is 0 Å². The Morgan fingerprint density at radius 3 is 1.66 bits per heavy atom. The van der Waals surface area contributed by atoms with Crippen molar-refractivity contribution >= 4 is 20.0 Å². The van der Waals surface area contributed by atoms with E-state index in [1.807, 2.05) is 6.92 Å². The summed E-state index contributed by atoms with van der Waals surface area (Å²) < 4.78 is 69.2. The van der Waals surface area contributed by atoms with Crippen molar-refractivity contribution in [3.8, 4) is 28.4 Å². The van der Waals surface area contributed by atoms with Gasteiger partial charge in [0.05, 0.1) is 16.9 Å². The van der Waals surface area contributed by atoms with Crippen LogP contribution in [0.25, 0.3) is 11.1 Å². The second-order valence-corrected chi connectivity index (χ2v) is 11.1. The Hall–Kier alpha value is -3.66. The van der Waals surface area contributed by atoms with Gasteiger partial charge in [0.25, 0.3) is 10.1 Å². The Bertz CT molecular complexity index is 1560. The molecule has 1 N–H and O–H groups in total. The standard InChI is InChI=1S/C26H22O7S2/c1-18-3-12-23(13-4-18)34(27,28)24-14-10-22(11-15-24)33-21-8-5-19(6-9-21)20-7-16-25(32-2)26(17-20)35(29,30)31/h3-17H,1-2H3,(H,29,30,31). The molecule has 35 heavy (non-hydrogen) atoms. The molecule has 0 aromatic heterocycles. The summed E-state index contributed by atoms with van der Waals surface area (Å²) in [5, 5.41) is 0. The van der Waals surface area contributed by atoms with Gasteiger partial charge >= 0.3 is 0 Å². The maximum atomic E-state index is 12.8. The van der Waals surface area contributed by atoms with Crippen LogP contribution in [0, 0.1) is 6.92 Å². The second kappa shape index (κ2) is 9.53. The fourth-order valence-corrected chi connectivity index (χ4v) is 5.39. The Kier molecular flexibility index (Phi) is 6.66. The third-order valence-electron chi connectivity index (χ3n) is 5.33. The van der Waals surface area contributed by atoms with Crippen LogP contribution in [0.2, 0.25) is 0 Å². The minimum Gasteiger partial charge on any atom is -0.495 e. The van der Waals surface area contributed by atoms with Crippen molar-refractivity contribution in [1.82, 2.24) is 0 Å². The highest BCUT2D eigenvalue weighted by Gasteiger charge is 2.18. The zero-order valence-corrected chi connectivity index (χ0v) is 20.5. The maximum absolute atomic E-state index is 12.8. The first kappa shape index (κ1) is 24.5. The molecule has 0 unspecified atom stereocenters. The summed E-state index contributed by atoms with van der Waals surface area (Å²) in [6.07, 6.45) is 0. The number of aryl methyl sites for hydroxylation is 1. The van der Waals surface area contributed by atoms with Gasteiger partial charge in [-0.15, -0.1) is 0 Å². The minimum absolute atomic E-state index is 0.0454. The molecule has 0 fully saturated rings. The van der Waals surface area contributed by atoms with Gasteiger partial charge in [0.2, 0.25) is 9.84 Å². The molecule has 0 saturated carbocycles. The van der Waals surface area contributed by atoms with Crippen molar-refractivity contribution in [3.05, 3.63) is 96.6 Å². The van der Waals surface area contributed by atoms with Crippen LogP contribution in [0.1, 0.15) is 5.56 Å². The van der Waals surface area contributed by atoms with Gasteiger partial charge < -0.3 is 9.47 Å². The first-order valence-corrected chi connectivity index (χ1v) is 13.4. The molecule has 0 amide bonds. The quantitative estimate of drug-likeness (QED) is 0.325. The summed E-state index contributed by atoms with van der Waals surface area (Å²) in [7, 11) is -6.76. The molecule has 0 aliphatic heterocycles. The van der Waals surface area contributed by atoms with Gasteiger partial charge in [0.15, 0.2) is 0 Å². The molecule has 0 spiro atoms. The lowest BCUT2D eigenvalue weighted by atomic mass is 10.1. The van der Waals surface area contributed by atoms with Crippen LogP contribution in [0.5, 0.6) is 17.2 Å². The van der Waals surface area contributed by atoms with Crippen molar-refractivity contribution in [2.45, 2.75) is 21.6 Å². The monoisotopic (exact) mass is 510 g/mol. The van der Waals surface area contributed by atoms with E-state index in [0.717, 1.165) is 5.56 Å². The Morgan fingerprint density at radius 2 is 1.14 bits per heavy atom. The fraction of sp³-hybridized carbons (Fsp3) is 0.0769. The summed E-state index contributed by atoms with van der Waals surface area (Å²) >= 11 is 0. The largest absolute Gasteiger partial charge is 0.495 e. The molecule has 4 aromatic carbocycles. The minimum atomic E-state index is -4.45. The van der Waals surface area contributed by atoms with E-state index in [4.69, 9.17) is 9.47 Å². The van der Waals surface area contributed by atoms with Crippen molar-refractivity contribution in [2.75, 3.05) is 7.11 Å². The molecule has 0 atom stereocenters. The highest BCUT2D eigenvalue weighted by molar-refractivity contribution is 7.91. The third-order valence-corrected chi connectivity index (χ3v) is 7.99. The summed E-state index contributed by atoms with van der Waals surface area (Å²) in [5.74, 6) is 1.01. The van der Waals surface area contributed by atoms with Crippen LogP contribution in [0.15, 0.2) is 106 Å². The normalized spacial score (nSPS) is 11.7. The second-order valence-electron chi connectivity index (χ2n) is 7.76. The summed E-state index contributed by atoms with van der Waals surface area (Å²) in [4.78, 5) is 0.0692. The van der Waals surface area contributed by atoms with Crippen molar-refractivity contribution < 1.29 is 30.9 Å². The lowest BCUT2D eigenvalue weighted by Gasteiger charge is -2.10. The molecule has 7 nitrogen and oxygen atoms in total. The zero-order chi connectivity index (χ0) is 25.2. The Morgan fingerprint density at radius 1 is 0.657 bits per heavy atom. The molecule has 0 bridgehead atoms. The lowest BCUT2D eigenvalue weighted by Crippen LogP contribution is -2.02. The molecule has 9 heteroatoms. The SMILES string of the molecule is COc1ccc(-c2ccc(Oc3ccc(S(=O)(=O)c4ccc(C)cc4)cc3)cc2)cc1S(=O)(=O)O. The van der Waals surface area contributed by atoms with E-state index in [9.17, 15) is 21.4 Å². The average Bonchev–Trinajstić information content (AvgIpc) is 2.84. The molecule has 4 rings (SSSR count). The van der Waals surface area contributed by atoms with Crippen LogP contribution >= 0.6 is 0 Å². The summed E-state index contributed by atoms with van der Waals surface area (Å²) in [6, 6.07) is 24.2. The maximum Gasteiger partial charge on any atom is 0.298 e. The molecule has 0 saturated heterocycles. The predicted molar refractivity (Wildman–Crippen MR) is 131 cm³/mol. The zero-order valence-electron chi connectivity index (χ0n) is 18.9. The van der Waals surface area contributed by atoms with Crippen LogP contribution in [0.4, 0.5) is 0 Å². The number of ether oxygens (including phenoxy) is 2. The highest BCUT2D eigenvalue weighted by Crippen LogP contribution is 2.32. The molecule has 0 radical (unpaired) electrons. The molecular formula is C26H22O7S2. The van der Waals surface area contributed by atoms with Crippen LogP contribution in [-0.2, 0) is 20.0 Å². The number of sulfone groups is 1. The van der Waals surface area contributed by atoms with E-state index in [2.05, 4.69) is 0 Å². The van der Waals surface area contributed by atoms with Gasteiger partial charge in [0, 0.05) is 0 Å². The lowest BCUT2D eigenvalue weighted by molar-refractivity contribution is 0.397. The molecule has 0 aliphatic carbocycles. The van der Waals surface area contributed by atoms with Gasteiger partial charge in [-0.1, -0.05) is 35.9 Å². The van der Waals surface area contributed by atoms with E-state index in [1.54, 1.807) is 66.7 Å². The van der Waals surface area contributed by atoms with Gasteiger partial charge in [-0.3, -0.25) is 4.55 Å². The topological polar surface area (TPSA) is 107 Å². The number of benzene rings is 4. The number of hydrogen-bond acceptors (Lipinski definition) is 6. The highest BCUT2D eigenvalue weighted by atomic mass is 32.2. The fourth-order valence-electron chi connectivity index (χ4n) is 3.45. The van der Waals surface area contributed by atoms with E-state index in [0.29, 0.717) is 22.6 Å². The molecular weight excluding hydrogens is 488 g/mol. The van der Waals surface area contributed by atoms with E-state index in [1.165, 1.54) is 31.4 Å². The van der Waals surface area contributed by atoms with E-state index in [-0.39, 0.29) is 20.4 Å². The van der Waals surface area contributed by atoms with Crippen LogP contribution in [0.3, 0.4) is 0 Å². The number of hydrogen-bond donors (Lipinski definition) is 1. The molecule has 180 valence electrons. The van der Waals surface area contributed by atoms with Gasteiger partial charge in [-0.2, -0.15) is 8.42 Å². The van der Waals surface area contributed by atoms with Crippen molar-refractivity contribution in [3.63, 3.8) is 0 Å². The number of rotatable bonds is 7. The molecule has 0 aliphatic rings. The molecule has 0 heterocycles. The Labute approximate surface area is 204 Å². The van der Waals surface area contributed by atoms with E-state index >= 15 is 0 Å².